The third kappa shape index (κ3) is 4.88. The lowest BCUT2D eigenvalue weighted by Crippen LogP contribution is -2.21. The molecule has 0 fully saturated rings. The summed E-state index contributed by atoms with van der Waals surface area (Å²) < 4.78 is 15.1. The largest absolute Gasteiger partial charge is 0.325 e. The molecule has 0 saturated heterocycles. The van der Waals surface area contributed by atoms with Crippen LogP contribution in [0.4, 0.5) is 10.1 Å². The fourth-order valence-electron chi connectivity index (χ4n) is 4.03. The number of benzene rings is 3. The predicted molar refractivity (Wildman–Crippen MR) is 127 cm³/mol. The van der Waals surface area contributed by atoms with Gasteiger partial charge in [-0.05, 0) is 59.9 Å². The van der Waals surface area contributed by atoms with Gasteiger partial charge in [0.05, 0.1) is 11.0 Å². The summed E-state index contributed by atoms with van der Waals surface area (Å²) in [5.41, 5.74) is 4.83. The molecule has 32 heavy (non-hydrogen) atoms. The highest BCUT2D eigenvalue weighted by molar-refractivity contribution is 5.91. The molecule has 1 unspecified atom stereocenters. The van der Waals surface area contributed by atoms with Crippen LogP contribution in [0.25, 0.3) is 11.0 Å². The molecule has 4 nitrogen and oxygen atoms in total. The number of aromatic nitrogens is 2. The maximum Gasteiger partial charge on any atom is 0.244 e. The minimum absolute atomic E-state index is 0.0223. The van der Waals surface area contributed by atoms with Gasteiger partial charge >= 0.3 is 0 Å². The molecule has 4 aromatic rings. The lowest BCUT2D eigenvalue weighted by atomic mass is 9.96. The second-order valence-corrected chi connectivity index (χ2v) is 8.66. The highest BCUT2D eigenvalue weighted by atomic mass is 19.1. The van der Waals surface area contributed by atoms with Gasteiger partial charge in [0.2, 0.25) is 5.91 Å². The molecule has 0 aliphatic rings. The van der Waals surface area contributed by atoms with E-state index in [1.165, 1.54) is 17.7 Å². The van der Waals surface area contributed by atoms with Crippen LogP contribution in [0.1, 0.15) is 43.6 Å². The molecule has 4 rings (SSSR count). The van der Waals surface area contributed by atoms with Crippen molar-refractivity contribution in [1.82, 2.24) is 9.55 Å². The minimum atomic E-state index is -0.334. The minimum Gasteiger partial charge on any atom is -0.325 e. The molecule has 0 bridgehead atoms. The Morgan fingerprint density at radius 3 is 2.34 bits per heavy atom. The lowest BCUT2D eigenvalue weighted by molar-refractivity contribution is -0.116. The molecule has 0 saturated carbocycles. The summed E-state index contributed by atoms with van der Waals surface area (Å²) >= 11 is 0. The second kappa shape index (κ2) is 9.35. The maximum absolute atomic E-state index is 13.2. The van der Waals surface area contributed by atoms with E-state index in [-0.39, 0.29) is 24.2 Å². The standard InChI is InChI=1S/C27H28FN3O/c1-18(2)16-20-8-10-21(11-9-20)19(3)27-30-24-6-4-5-7-25(24)31(27)17-26(32)29-23-14-12-22(28)13-15-23/h4-15,18-19H,16-17H2,1-3H3,(H,29,32). The Labute approximate surface area is 188 Å². The van der Waals surface area contributed by atoms with Crippen molar-refractivity contribution < 1.29 is 9.18 Å². The first-order chi connectivity index (χ1) is 15.4. The normalized spacial score (nSPS) is 12.3. The lowest BCUT2D eigenvalue weighted by Gasteiger charge is -2.16. The predicted octanol–water partition coefficient (Wildman–Crippen LogP) is 6.16. The van der Waals surface area contributed by atoms with Crippen molar-refractivity contribution in [3.63, 3.8) is 0 Å². The number of imidazole rings is 1. The van der Waals surface area contributed by atoms with Gasteiger partial charge in [0.15, 0.2) is 0 Å². The summed E-state index contributed by atoms with van der Waals surface area (Å²) in [5.74, 6) is 0.966. The molecular formula is C27H28FN3O. The van der Waals surface area contributed by atoms with Gasteiger partial charge in [-0.3, -0.25) is 4.79 Å². The Kier molecular flexibility index (Phi) is 6.35. The summed E-state index contributed by atoms with van der Waals surface area (Å²) in [6, 6.07) is 22.3. The zero-order chi connectivity index (χ0) is 22.7. The molecule has 1 aromatic heterocycles. The smallest absolute Gasteiger partial charge is 0.244 e. The zero-order valence-electron chi connectivity index (χ0n) is 18.7. The number of halogens is 1. The van der Waals surface area contributed by atoms with Crippen LogP contribution in [0, 0.1) is 11.7 Å². The van der Waals surface area contributed by atoms with Gasteiger partial charge in [0.25, 0.3) is 0 Å². The molecule has 164 valence electrons. The molecule has 1 atom stereocenters. The van der Waals surface area contributed by atoms with E-state index < -0.39 is 0 Å². The molecule has 0 radical (unpaired) electrons. The van der Waals surface area contributed by atoms with Crippen LogP contribution >= 0.6 is 0 Å². The van der Waals surface area contributed by atoms with E-state index in [4.69, 9.17) is 4.98 Å². The second-order valence-electron chi connectivity index (χ2n) is 8.66. The van der Waals surface area contributed by atoms with Crippen LogP contribution in [-0.2, 0) is 17.8 Å². The molecule has 0 aliphatic carbocycles. The van der Waals surface area contributed by atoms with E-state index >= 15 is 0 Å². The quantitative estimate of drug-likeness (QED) is 0.382. The molecule has 0 spiro atoms. The number of nitrogens with zero attached hydrogens (tertiary/aromatic N) is 2. The van der Waals surface area contributed by atoms with E-state index in [1.54, 1.807) is 12.1 Å². The summed E-state index contributed by atoms with van der Waals surface area (Å²) in [6.07, 6.45) is 1.05. The van der Waals surface area contributed by atoms with Gasteiger partial charge in [-0.15, -0.1) is 0 Å². The fourth-order valence-corrected chi connectivity index (χ4v) is 4.03. The SMILES string of the molecule is CC(C)Cc1ccc(C(C)c2nc3ccccc3n2CC(=O)Nc2ccc(F)cc2)cc1. The number of anilines is 1. The maximum atomic E-state index is 13.2. The third-order valence-corrected chi connectivity index (χ3v) is 5.62. The topological polar surface area (TPSA) is 46.9 Å². The van der Waals surface area contributed by atoms with Crippen LogP contribution in [0.5, 0.6) is 0 Å². The van der Waals surface area contributed by atoms with Gasteiger partial charge in [-0.25, -0.2) is 9.37 Å². The fraction of sp³-hybridized carbons (Fsp3) is 0.259. The first-order valence-electron chi connectivity index (χ1n) is 11.0. The molecule has 3 aromatic carbocycles. The summed E-state index contributed by atoms with van der Waals surface area (Å²) in [7, 11) is 0. The summed E-state index contributed by atoms with van der Waals surface area (Å²) in [5, 5.41) is 2.85. The van der Waals surface area contributed by atoms with Gasteiger partial charge in [-0.2, -0.15) is 0 Å². The van der Waals surface area contributed by atoms with E-state index in [0.717, 1.165) is 28.8 Å². The average Bonchev–Trinajstić information content (AvgIpc) is 3.13. The highest BCUT2D eigenvalue weighted by Gasteiger charge is 2.20. The Bertz CT molecular complexity index is 1210. The third-order valence-electron chi connectivity index (χ3n) is 5.62. The zero-order valence-corrected chi connectivity index (χ0v) is 18.7. The van der Waals surface area contributed by atoms with Crippen molar-refractivity contribution in [2.75, 3.05) is 5.32 Å². The van der Waals surface area contributed by atoms with Crippen LogP contribution < -0.4 is 5.32 Å². The van der Waals surface area contributed by atoms with E-state index in [9.17, 15) is 9.18 Å². The van der Waals surface area contributed by atoms with Crippen molar-refractivity contribution >= 4 is 22.6 Å². The molecule has 5 heteroatoms. The Morgan fingerprint density at radius 2 is 1.66 bits per heavy atom. The molecule has 1 N–H and O–H groups in total. The Hall–Kier alpha value is -3.47. The van der Waals surface area contributed by atoms with Gasteiger partial charge in [-0.1, -0.05) is 57.2 Å². The first-order valence-corrected chi connectivity index (χ1v) is 11.0. The molecule has 1 amide bonds. The Morgan fingerprint density at radius 1 is 0.969 bits per heavy atom. The summed E-state index contributed by atoms with van der Waals surface area (Å²) in [4.78, 5) is 17.7. The molecule has 0 aliphatic heterocycles. The van der Waals surface area contributed by atoms with Crippen LogP contribution in [0.2, 0.25) is 0 Å². The first kappa shape index (κ1) is 21.8. The van der Waals surface area contributed by atoms with Crippen molar-refractivity contribution in [1.29, 1.82) is 0 Å². The van der Waals surface area contributed by atoms with E-state index in [2.05, 4.69) is 50.4 Å². The van der Waals surface area contributed by atoms with Crippen LogP contribution in [0.3, 0.4) is 0 Å². The Balaban J connectivity index is 1.62. The molecular weight excluding hydrogens is 401 g/mol. The van der Waals surface area contributed by atoms with Gasteiger partial charge in [0, 0.05) is 11.6 Å². The van der Waals surface area contributed by atoms with Crippen molar-refractivity contribution in [2.45, 2.75) is 39.7 Å². The number of fused-ring (bicyclic) bond motifs is 1. The summed E-state index contributed by atoms with van der Waals surface area (Å²) in [6.45, 7) is 6.68. The number of para-hydroxylation sites is 2. The van der Waals surface area contributed by atoms with Crippen LogP contribution in [0.15, 0.2) is 72.8 Å². The van der Waals surface area contributed by atoms with E-state index in [1.807, 2.05) is 28.8 Å². The highest BCUT2D eigenvalue weighted by Crippen LogP contribution is 2.28. The van der Waals surface area contributed by atoms with Crippen molar-refractivity contribution in [2.24, 2.45) is 5.92 Å². The van der Waals surface area contributed by atoms with Gasteiger partial charge < -0.3 is 9.88 Å². The number of hydrogen-bond donors (Lipinski definition) is 1. The van der Waals surface area contributed by atoms with E-state index in [0.29, 0.717) is 11.6 Å². The average molecular weight is 430 g/mol. The van der Waals surface area contributed by atoms with Crippen molar-refractivity contribution in [3.8, 4) is 0 Å². The monoisotopic (exact) mass is 429 g/mol. The molecule has 1 heterocycles. The van der Waals surface area contributed by atoms with Crippen molar-refractivity contribution in [3.05, 3.63) is 95.6 Å². The number of amides is 1. The van der Waals surface area contributed by atoms with Gasteiger partial charge in [0.1, 0.15) is 18.2 Å². The number of nitrogens with one attached hydrogen (secondary N) is 1. The number of hydrogen-bond acceptors (Lipinski definition) is 2. The number of rotatable bonds is 7. The number of carbonyl (C=O) groups excluding carboxylic acids is 1. The van der Waals surface area contributed by atoms with Crippen LogP contribution in [-0.4, -0.2) is 15.5 Å². The number of carbonyl (C=O) groups is 1.